The van der Waals surface area contributed by atoms with Crippen molar-refractivity contribution < 1.29 is 24.9 Å². The Balaban J connectivity index is 3.86. The van der Waals surface area contributed by atoms with E-state index in [1.54, 1.807) is 0 Å². The minimum absolute atomic E-state index is 0.159. The van der Waals surface area contributed by atoms with E-state index in [4.69, 9.17) is 15.3 Å². The van der Waals surface area contributed by atoms with E-state index >= 15 is 0 Å². The summed E-state index contributed by atoms with van der Waals surface area (Å²) in [5, 5.41) is 28.5. The van der Waals surface area contributed by atoms with Crippen molar-refractivity contribution in [1.29, 1.82) is 0 Å². The molecule has 6 nitrogen and oxygen atoms in total. The number of hydrogen-bond acceptors (Lipinski definition) is 5. The highest BCUT2D eigenvalue weighted by Crippen LogP contribution is 2.05. The van der Waals surface area contributed by atoms with Gasteiger partial charge in [0.05, 0.1) is 12.7 Å². The standard InChI is InChI=1S/C8H15NO5S/c1-5(11)9-7(8(13)14)4-15-3-6(12)2-10/h6-7,10,12H,2-4H2,1H3,(H,9,11)(H,13,14)/t6?,7-/m0/s1/i2+1,3+1,6+1. The lowest BCUT2D eigenvalue weighted by molar-refractivity contribution is -0.140. The summed E-state index contributed by atoms with van der Waals surface area (Å²) in [6, 6.07) is -0.960. The second-order valence-electron chi connectivity index (χ2n) is 2.97. The number of aliphatic carboxylic acids is 1. The molecule has 0 bridgehead atoms. The molecule has 0 fully saturated rings. The van der Waals surface area contributed by atoms with Crippen LogP contribution in [0.1, 0.15) is 6.92 Å². The maximum atomic E-state index is 10.6. The summed E-state index contributed by atoms with van der Waals surface area (Å²) in [4.78, 5) is 21.3. The SMILES string of the molecule is CC(=O)N[C@@H](CS[13CH2][13CH](O)[13CH2]O)C(=O)O. The molecular formula is C8H15NO5S. The quantitative estimate of drug-likeness (QED) is 0.410. The van der Waals surface area contributed by atoms with Crippen molar-refractivity contribution >= 4 is 23.6 Å². The van der Waals surface area contributed by atoms with E-state index in [1.807, 2.05) is 0 Å². The van der Waals surface area contributed by atoms with Gasteiger partial charge in [0.1, 0.15) is 6.04 Å². The van der Waals surface area contributed by atoms with Gasteiger partial charge in [0, 0.05) is 18.4 Å². The average Bonchev–Trinajstić information content (AvgIpc) is 2.15. The highest BCUT2D eigenvalue weighted by molar-refractivity contribution is 7.99. The third-order valence-electron chi connectivity index (χ3n) is 1.48. The van der Waals surface area contributed by atoms with Crippen LogP contribution in [0.15, 0.2) is 0 Å². The average molecular weight is 240 g/mol. The first-order valence-corrected chi connectivity index (χ1v) is 5.49. The van der Waals surface area contributed by atoms with E-state index in [0.717, 1.165) is 11.8 Å². The molecule has 0 aliphatic carbocycles. The number of thioether (sulfide) groups is 1. The van der Waals surface area contributed by atoms with Crippen LogP contribution in [0.4, 0.5) is 0 Å². The zero-order valence-corrected chi connectivity index (χ0v) is 9.16. The Bertz CT molecular complexity index is 223. The predicted molar refractivity (Wildman–Crippen MR) is 55.7 cm³/mol. The summed E-state index contributed by atoms with van der Waals surface area (Å²) in [5.41, 5.74) is 0. The lowest BCUT2D eigenvalue weighted by Gasteiger charge is -2.13. The Morgan fingerprint density at radius 1 is 1.40 bits per heavy atom. The Morgan fingerprint density at radius 3 is 2.40 bits per heavy atom. The van der Waals surface area contributed by atoms with E-state index in [1.165, 1.54) is 6.92 Å². The number of carboxylic acid groups (broad SMARTS) is 1. The van der Waals surface area contributed by atoms with Crippen molar-refractivity contribution in [2.45, 2.75) is 19.1 Å². The van der Waals surface area contributed by atoms with Crippen molar-refractivity contribution in [3.8, 4) is 0 Å². The number of hydrogen-bond donors (Lipinski definition) is 4. The summed E-state index contributed by atoms with van der Waals surface area (Å²) in [5.74, 6) is -1.13. The molecule has 4 N–H and O–H groups in total. The number of aliphatic hydroxyl groups is 2. The third-order valence-corrected chi connectivity index (χ3v) is 2.67. The molecule has 88 valence electrons. The summed E-state index contributed by atoms with van der Waals surface area (Å²) in [6.07, 6.45) is -0.859. The van der Waals surface area contributed by atoms with Crippen molar-refractivity contribution in [2.24, 2.45) is 0 Å². The molecule has 0 aromatic rings. The lowest BCUT2D eigenvalue weighted by atomic mass is 10.3. The van der Waals surface area contributed by atoms with Gasteiger partial charge in [-0.3, -0.25) is 4.79 Å². The van der Waals surface area contributed by atoms with Crippen LogP contribution in [0.2, 0.25) is 0 Å². The number of amides is 1. The summed E-state index contributed by atoms with van der Waals surface area (Å²) in [7, 11) is 0. The number of carbonyl (C=O) groups excluding carboxylic acids is 1. The van der Waals surface area contributed by atoms with E-state index in [-0.39, 0.29) is 18.1 Å². The molecule has 0 radical (unpaired) electrons. The van der Waals surface area contributed by atoms with Crippen LogP contribution < -0.4 is 5.32 Å². The Hall–Kier alpha value is -0.790. The van der Waals surface area contributed by atoms with Crippen molar-refractivity contribution in [3.63, 3.8) is 0 Å². The van der Waals surface area contributed by atoms with Crippen LogP contribution >= 0.6 is 11.8 Å². The molecular weight excluding hydrogens is 225 g/mol. The molecule has 0 aromatic carbocycles. The van der Waals surface area contributed by atoms with Gasteiger partial charge in [-0.15, -0.1) is 0 Å². The third kappa shape index (κ3) is 7.18. The van der Waals surface area contributed by atoms with Crippen LogP contribution in [0, 0.1) is 0 Å². The Kier molecular flexibility index (Phi) is 7.10. The van der Waals surface area contributed by atoms with Gasteiger partial charge in [-0.05, 0) is 0 Å². The van der Waals surface area contributed by atoms with Crippen LogP contribution in [0.3, 0.4) is 0 Å². The molecule has 15 heavy (non-hydrogen) atoms. The van der Waals surface area contributed by atoms with E-state index in [2.05, 4.69) is 5.32 Å². The van der Waals surface area contributed by atoms with Gasteiger partial charge in [-0.25, -0.2) is 4.79 Å². The lowest BCUT2D eigenvalue weighted by Crippen LogP contribution is -2.41. The first-order valence-electron chi connectivity index (χ1n) is 4.34. The highest BCUT2D eigenvalue weighted by Gasteiger charge is 2.18. The van der Waals surface area contributed by atoms with Gasteiger partial charge < -0.3 is 20.6 Å². The second kappa shape index (κ2) is 7.49. The molecule has 0 aliphatic rings. The summed E-state index contributed by atoms with van der Waals surface area (Å²) in [6.45, 7) is 0.883. The molecule has 0 aromatic heterocycles. The van der Waals surface area contributed by atoms with Gasteiger partial charge in [-0.1, -0.05) is 0 Å². The molecule has 0 rings (SSSR count). The predicted octanol–water partition coefficient (Wildman–Crippen LogP) is -1.34. The molecule has 0 aliphatic heterocycles. The first kappa shape index (κ1) is 14.2. The van der Waals surface area contributed by atoms with Crippen LogP contribution in [0.5, 0.6) is 0 Å². The van der Waals surface area contributed by atoms with Gasteiger partial charge in [0.2, 0.25) is 5.91 Å². The van der Waals surface area contributed by atoms with Crippen molar-refractivity contribution in [2.75, 3.05) is 18.1 Å². The molecule has 1 unspecified atom stereocenters. The fraction of sp³-hybridized carbons (Fsp3) is 0.750. The summed E-state index contributed by atoms with van der Waals surface area (Å²) >= 11 is 1.16. The number of rotatable bonds is 7. The Labute approximate surface area is 91.7 Å². The maximum absolute atomic E-state index is 10.6. The minimum atomic E-state index is -1.11. The van der Waals surface area contributed by atoms with E-state index < -0.39 is 24.0 Å². The number of carbonyl (C=O) groups is 2. The second-order valence-corrected chi connectivity index (χ2v) is 4.04. The minimum Gasteiger partial charge on any atom is -0.480 e. The Morgan fingerprint density at radius 2 is 2.00 bits per heavy atom. The van der Waals surface area contributed by atoms with E-state index in [0.29, 0.717) is 0 Å². The van der Waals surface area contributed by atoms with E-state index in [9.17, 15) is 9.59 Å². The first-order chi connectivity index (χ1) is 6.97. The number of carboxylic acids is 1. The molecule has 2 atom stereocenters. The molecule has 0 saturated carbocycles. The fourth-order valence-corrected chi connectivity index (χ4v) is 1.77. The maximum Gasteiger partial charge on any atom is 0.327 e. The van der Waals surface area contributed by atoms with Crippen molar-refractivity contribution in [3.05, 3.63) is 0 Å². The molecule has 1 amide bonds. The summed E-state index contributed by atoms with van der Waals surface area (Å²) < 4.78 is 0. The monoisotopic (exact) mass is 240 g/mol. The highest BCUT2D eigenvalue weighted by atomic mass is 32.2. The normalized spacial score (nSPS) is 14.3. The number of nitrogens with one attached hydrogen (secondary N) is 1. The van der Waals surface area contributed by atoms with Crippen LogP contribution in [-0.2, 0) is 9.59 Å². The van der Waals surface area contributed by atoms with Crippen molar-refractivity contribution in [1.82, 2.24) is 5.32 Å². The molecule has 7 heteroatoms. The fourth-order valence-electron chi connectivity index (χ4n) is 0.795. The smallest absolute Gasteiger partial charge is 0.327 e. The van der Waals surface area contributed by atoms with Gasteiger partial charge in [0.15, 0.2) is 0 Å². The zero-order chi connectivity index (χ0) is 11.8. The zero-order valence-electron chi connectivity index (χ0n) is 8.34. The van der Waals surface area contributed by atoms with Crippen LogP contribution in [-0.4, -0.2) is 57.5 Å². The largest absolute Gasteiger partial charge is 0.480 e. The topological polar surface area (TPSA) is 107 Å². The van der Waals surface area contributed by atoms with Gasteiger partial charge in [-0.2, -0.15) is 11.8 Å². The van der Waals surface area contributed by atoms with Gasteiger partial charge >= 0.3 is 5.97 Å². The molecule has 0 heterocycles. The molecule has 0 spiro atoms. The number of aliphatic hydroxyl groups excluding tert-OH is 2. The van der Waals surface area contributed by atoms with Gasteiger partial charge in [0.25, 0.3) is 0 Å². The van der Waals surface area contributed by atoms with Crippen LogP contribution in [0.25, 0.3) is 0 Å². The molecule has 0 saturated heterocycles.